The molecule has 0 fully saturated rings. The maximum absolute atomic E-state index is 12.0. The standard InChI is InChI=1S/C14H20ClN3O3/c1-9(2)5-11(8-16)17-14(19)6-10-3-4-12(18(20)21)7-13(10)15/h3-4,7,9,11H,5-6,8,16H2,1-2H3,(H,17,19). The van der Waals surface area contributed by atoms with Gasteiger partial charge in [-0.2, -0.15) is 0 Å². The summed E-state index contributed by atoms with van der Waals surface area (Å²) in [5.74, 6) is 0.240. The quantitative estimate of drug-likeness (QED) is 0.596. The van der Waals surface area contributed by atoms with Gasteiger partial charge in [-0.15, -0.1) is 0 Å². The number of halogens is 1. The molecule has 0 spiro atoms. The highest BCUT2D eigenvalue weighted by molar-refractivity contribution is 6.31. The molecule has 1 atom stereocenters. The molecule has 0 aliphatic heterocycles. The molecule has 3 N–H and O–H groups in total. The summed E-state index contributed by atoms with van der Waals surface area (Å²) in [6.45, 7) is 4.49. The fourth-order valence-corrected chi connectivity index (χ4v) is 2.27. The number of amides is 1. The first kappa shape index (κ1) is 17.4. The number of carbonyl (C=O) groups is 1. The van der Waals surface area contributed by atoms with Crippen LogP contribution in [0.25, 0.3) is 0 Å². The summed E-state index contributed by atoms with van der Waals surface area (Å²) in [7, 11) is 0. The van der Waals surface area contributed by atoms with Crippen LogP contribution in [0.2, 0.25) is 5.02 Å². The van der Waals surface area contributed by atoms with Crippen molar-refractivity contribution in [3.05, 3.63) is 38.9 Å². The summed E-state index contributed by atoms with van der Waals surface area (Å²) in [5, 5.41) is 13.7. The average Bonchev–Trinajstić information content (AvgIpc) is 2.39. The molecule has 0 aliphatic carbocycles. The van der Waals surface area contributed by atoms with Crippen molar-refractivity contribution in [1.82, 2.24) is 5.32 Å². The van der Waals surface area contributed by atoms with Crippen LogP contribution in [-0.4, -0.2) is 23.4 Å². The van der Waals surface area contributed by atoms with Gasteiger partial charge in [0.25, 0.3) is 5.69 Å². The third-order valence-electron chi connectivity index (χ3n) is 3.00. The minimum atomic E-state index is -0.525. The van der Waals surface area contributed by atoms with Crippen molar-refractivity contribution in [2.75, 3.05) is 6.54 Å². The molecule has 1 aromatic rings. The molecule has 1 aromatic carbocycles. The highest BCUT2D eigenvalue weighted by Gasteiger charge is 2.15. The van der Waals surface area contributed by atoms with Crippen LogP contribution in [0.15, 0.2) is 18.2 Å². The fourth-order valence-electron chi connectivity index (χ4n) is 2.03. The van der Waals surface area contributed by atoms with Crippen molar-refractivity contribution in [1.29, 1.82) is 0 Å². The van der Waals surface area contributed by atoms with Gasteiger partial charge in [0.15, 0.2) is 0 Å². The zero-order valence-electron chi connectivity index (χ0n) is 12.1. The van der Waals surface area contributed by atoms with E-state index in [0.717, 1.165) is 6.42 Å². The fraction of sp³-hybridized carbons (Fsp3) is 0.500. The predicted octanol–water partition coefficient (Wildman–Crippen LogP) is 2.28. The minimum Gasteiger partial charge on any atom is -0.352 e. The highest BCUT2D eigenvalue weighted by Crippen LogP contribution is 2.22. The number of nitrogens with zero attached hydrogens (tertiary/aromatic N) is 1. The molecule has 1 amide bonds. The van der Waals surface area contributed by atoms with E-state index in [1.807, 2.05) is 0 Å². The van der Waals surface area contributed by atoms with Crippen molar-refractivity contribution < 1.29 is 9.72 Å². The van der Waals surface area contributed by atoms with E-state index in [-0.39, 0.29) is 29.1 Å². The first-order valence-electron chi connectivity index (χ1n) is 6.75. The van der Waals surface area contributed by atoms with Crippen molar-refractivity contribution in [2.45, 2.75) is 32.7 Å². The average molecular weight is 314 g/mol. The predicted molar refractivity (Wildman–Crippen MR) is 82.3 cm³/mol. The van der Waals surface area contributed by atoms with Gasteiger partial charge >= 0.3 is 0 Å². The van der Waals surface area contributed by atoms with E-state index in [2.05, 4.69) is 19.2 Å². The van der Waals surface area contributed by atoms with E-state index in [9.17, 15) is 14.9 Å². The Balaban J connectivity index is 2.68. The molecule has 0 saturated heterocycles. The first-order chi connectivity index (χ1) is 9.83. The smallest absolute Gasteiger partial charge is 0.270 e. The van der Waals surface area contributed by atoms with Crippen LogP contribution in [0, 0.1) is 16.0 Å². The Bertz CT molecular complexity index is 520. The van der Waals surface area contributed by atoms with E-state index in [1.54, 1.807) is 0 Å². The second-order valence-corrected chi connectivity index (χ2v) is 5.75. The molecule has 0 aliphatic rings. The maximum atomic E-state index is 12.0. The number of carbonyl (C=O) groups excluding carboxylic acids is 1. The molecular weight excluding hydrogens is 294 g/mol. The van der Waals surface area contributed by atoms with Crippen molar-refractivity contribution in [2.24, 2.45) is 11.7 Å². The number of nitro groups is 1. The lowest BCUT2D eigenvalue weighted by Gasteiger charge is -2.19. The monoisotopic (exact) mass is 313 g/mol. The number of hydrogen-bond donors (Lipinski definition) is 2. The Morgan fingerprint density at radius 3 is 2.62 bits per heavy atom. The highest BCUT2D eigenvalue weighted by atomic mass is 35.5. The first-order valence-corrected chi connectivity index (χ1v) is 7.13. The normalized spacial score (nSPS) is 12.2. The van der Waals surface area contributed by atoms with Gasteiger partial charge in [-0.05, 0) is 17.9 Å². The van der Waals surface area contributed by atoms with Crippen LogP contribution < -0.4 is 11.1 Å². The Hall–Kier alpha value is -1.66. The second-order valence-electron chi connectivity index (χ2n) is 5.34. The lowest BCUT2D eigenvalue weighted by atomic mass is 10.0. The molecule has 0 heterocycles. The molecule has 1 unspecified atom stereocenters. The van der Waals surface area contributed by atoms with Crippen molar-refractivity contribution in [3.63, 3.8) is 0 Å². The molecule has 0 saturated carbocycles. The molecule has 6 nitrogen and oxygen atoms in total. The summed E-state index contributed by atoms with van der Waals surface area (Å²) in [4.78, 5) is 22.1. The number of hydrogen-bond acceptors (Lipinski definition) is 4. The zero-order valence-corrected chi connectivity index (χ0v) is 12.9. The van der Waals surface area contributed by atoms with Crippen molar-refractivity contribution in [3.8, 4) is 0 Å². The van der Waals surface area contributed by atoms with Crippen LogP contribution in [0.3, 0.4) is 0 Å². The zero-order chi connectivity index (χ0) is 16.0. The molecule has 0 bridgehead atoms. The van der Waals surface area contributed by atoms with E-state index in [4.69, 9.17) is 17.3 Å². The molecule has 0 aromatic heterocycles. The molecular formula is C14H20ClN3O3. The maximum Gasteiger partial charge on any atom is 0.270 e. The molecule has 1 rings (SSSR count). The number of rotatable bonds is 7. The number of benzene rings is 1. The van der Waals surface area contributed by atoms with Crippen LogP contribution >= 0.6 is 11.6 Å². The number of non-ortho nitro benzene ring substituents is 1. The summed E-state index contributed by atoms with van der Waals surface area (Å²) >= 11 is 5.96. The van der Waals surface area contributed by atoms with Gasteiger partial charge in [-0.25, -0.2) is 0 Å². The summed E-state index contributed by atoms with van der Waals surface area (Å²) in [6.07, 6.45) is 0.877. The lowest BCUT2D eigenvalue weighted by Crippen LogP contribution is -2.41. The van der Waals surface area contributed by atoms with Gasteiger partial charge in [-0.1, -0.05) is 31.5 Å². The largest absolute Gasteiger partial charge is 0.352 e. The molecule has 21 heavy (non-hydrogen) atoms. The Labute approximate surface area is 128 Å². The SMILES string of the molecule is CC(C)CC(CN)NC(=O)Cc1ccc([N+](=O)[O-])cc1Cl. The second kappa shape index (κ2) is 7.95. The van der Waals surface area contributed by atoms with Crippen LogP contribution in [0.5, 0.6) is 0 Å². The Kier molecular flexibility index (Phi) is 6.58. The topological polar surface area (TPSA) is 98.3 Å². The van der Waals surface area contributed by atoms with Gasteiger partial charge in [0.05, 0.1) is 16.4 Å². The number of nitrogens with two attached hydrogens (primary N) is 1. The van der Waals surface area contributed by atoms with Gasteiger partial charge in [0, 0.05) is 24.7 Å². The molecule has 7 heteroatoms. The van der Waals surface area contributed by atoms with Gasteiger partial charge in [-0.3, -0.25) is 14.9 Å². The Morgan fingerprint density at radius 2 is 2.14 bits per heavy atom. The van der Waals surface area contributed by atoms with Crippen LogP contribution in [-0.2, 0) is 11.2 Å². The summed E-state index contributed by atoms with van der Waals surface area (Å²) in [6, 6.07) is 4.01. The summed E-state index contributed by atoms with van der Waals surface area (Å²) in [5.41, 5.74) is 6.09. The van der Waals surface area contributed by atoms with Gasteiger partial charge in [0.1, 0.15) is 0 Å². The number of nitro benzene ring substituents is 1. The van der Waals surface area contributed by atoms with Crippen LogP contribution in [0.4, 0.5) is 5.69 Å². The van der Waals surface area contributed by atoms with Crippen LogP contribution in [0.1, 0.15) is 25.8 Å². The van der Waals surface area contributed by atoms with E-state index in [1.165, 1.54) is 18.2 Å². The van der Waals surface area contributed by atoms with Gasteiger partial charge < -0.3 is 11.1 Å². The third kappa shape index (κ3) is 5.69. The van der Waals surface area contributed by atoms with E-state index < -0.39 is 4.92 Å². The lowest BCUT2D eigenvalue weighted by molar-refractivity contribution is -0.384. The van der Waals surface area contributed by atoms with Gasteiger partial charge in [0.2, 0.25) is 5.91 Å². The minimum absolute atomic E-state index is 0.0747. The summed E-state index contributed by atoms with van der Waals surface area (Å²) < 4.78 is 0. The third-order valence-corrected chi connectivity index (χ3v) is 3.36. The number of nitrogens with one attached hydrogen (secondary N) is 1. The molecule has 0 radical (unpaired) electrons. The van der Waals surface area contributed by atoms with Crippen molar-refractivity contribution >= 4 is 23.2 Å². The molecule has 116 valence electrons. The Morgan fingerprint density at radius 1 is 1.48 bits per heavy atom. The van der Waals surface area contributed by atoms with E-state index in [0.29, 0.717) is 18.0 Å². The van der Waals surface area contributed by atoms with E-state index >= 15 is 0 Å².